The summed E-state index contributed by atoms with van der Waals surface area (Å²) in [4.78, 5) is 29.9. The molecule has 0 radical (unpaired) electrons. The zero-order chi connectivity index (χ0) is 34.4. The molecule has 0 heterocycles. The summed E-state index contributed by atoms with van der Waals surface area (Å²) in [6.45, 7) is 4.71. The second-order valence-corrected chi connectivity index (χ2v) is 14.9. The van der Waals surface area contributed by atoms with Gasteiger partial charge in [-0.2, -0.15) is 0 Å². The molecule has 4 aromatic carbocycles. The average molecular weight is 717 g/mol. The molecular weight excluding hydrogens is 681 g/mol. The van der Waals surface area contributed by atoms with Crippen molar-refractivity contribution in [2.75, 3.05) is 18.0 Å². The van der Waals surface area contributed by atoms with E-state index >= 15 is 0 Å². The molecule has 47 heavy (non-hydrogen) atoms. The van der Waals surface area contributed by atoms with Crippen LogP contribution in [0.1, 0.15) is 31.9 Å². The van der Waals surface area contributed by atoms with Gasteiger partial charge >= 0.3 is 0 Å². The summed E-state index contributed by atoms with van der Waals surface area (Å²) in [7, 11) is -2.83. The lowest BCUT2D eigenvalue weighted by atomic mass is 10.0. The Kier molecular flexibility index (Phi) is 11.8. The second-order valence-electron chi connectivity index (χ2n) is 11.8. The maximum absolute atomic E-state index is 14.6. The molecule has 1 atom stereocenters. The Morgan fingerprint density at radius 3 is 1.98 bits per heavy atom. The highest BCUT2D eigenvalue weighted by molar-refractivity contribution is 7.92. The molecule has 0 saturated carbocycles. The summed E-state index contributed by atoms with van der Waals surface area (Å²) < 4.78 is 34.6. The van der Waals surface area contributed by atoms with Gasteiger partial charge in [-0.25, -0.2) is 8.42 Å². The van der Waals surface area contributed by atoms with E-state index in [1.807, 2.05) is 51.1 Å². The molecule has 4 aromatic rings. The van der Waals surface area contributed by atoms with Crippen LogP contribution in [0.25, 0.3) is 0 Å². The molecule has 0 fully saturated rings. The van der Waals surface area contributed by atoms with Gasteiger partial charge in [-0.15, -0.1) is 0 Å². The highest BCUT2D eigenvalue weighted by Gasteiger charge is 2.36. The Morgan fingerprint density at radius 1 is 0.830 bits per heavy atom. The number of methoxy groups -OCH3 is 1. The quantitative estimate of drug-likeness (QED) is 0.165. The van der Waals surface area contributed by atoms with E-state index in [2.05, 4.69) is 5.32 Å². The standard InChI is InChI=1S/C35H36Cl3N3O5S/c1-35(2,3)39-34(43)32(21-24-9-6-5-7-10-24)40(22-29-30(37)11-8-12-31(29)38)33(42)23-41(26-15-13-25(36)14-16-26)47(44,45)28-19-17-27(46-4)18-20-28/h5-20,32H,21-23H2,1-4H3,(H,39,43)/t32-/m0/s1. The van der Waals surface area contributed by atoms with E-state index in [1.165, 1.54) is 60.5 Å². The van der Waals surface area contributed by atoms with Crippen LogP contribution in [0.15, 0.2) is 102 Å². The minimum absolute atomic E-state index is 0.0620. The Bertz CT molecular complexity index is 1780. The van der Waals surface area contributed by atoms with Crippen molar-refractivity contribution in [3.63, 3.8) is 0 Å². The topological polar surface area (TPSA) is 96.0 Å². The Hall–Kier alpha value is -3.76. The fourth-order valence-electron chi connectivity index (χ4n) is 4.87. The number of rotatable bonds is 12. The van der Waals surface area contributed by atoms with E-state index in [0.717, 1.165) is 9.87 Å². The van der Waals surface area contributed by atoms with Crippen molar-refractivity contribution in [2.45, 2.75) is 50.2 Å². The molecular formula is C35H36Cl3N3O5S. The first kappa shape index (κ1) is 36.1. The van der Waals surface area contributed by atoms with Crippen molar-refractivity contribution in [1.82, 2.24) is 10.2 Å². The molecule has 0 aromatic heterocycles. The lowest BCUT2D eigenvalue weighted by molar-refractivity contribution is -0.140. The van der Waals surface area contributed by atoms with Crippen LogP contribution in [-0.2, 0) is 32.6 Å². The number of hydrogen-bond donors (Lipinski definition) is 1. The van der Waals surface area contributed by atoms with Crippen molar-refractivity contribution in [2.24, 2.45) is 0 Å². The van der Waals surface area contributed by atoms with Gasteiger partial charge in [0.05, 0.1) is 17.7 Å². The van der Waals surface area contributed by atoms with Crippen LogP contribution in [0.4, 0.5) is 5.69 Å². The first-order valence-corrected chi connectivity index (χ1v) is 17.3. The van der Waals surface area contributed by atoms with Gasteiger partial charge < -0.3 is 15.0 Å². The van der Waals surface area contributed by atoms with Crippen LogP contribution in [0, 0.1) is 0 Å². The number of anilines is 1. The molecule has 0 aliphatic carbocycles. The molecule has 8 nitrogen and oxygen atoms in total. The Balaban J connectivity index is 1.85. The average Bonchev–Trinajstić information content (AvgIpc) is 3.02. The smallest absolute Gasteiger partial charge is 0.264 e. The van der Waals surface area contributed by atoms with E-state index in [1.54, 1.807) is 18.2 Å². The number of carbonyl (C=O) groups excluding carboxylic acids is 2. The number of halogens is 3. The molecule has 0 saturated heterocycles. The summed E-state index contributed by atoms with van der Waals surface area (Å²) >= 11 is 19.3. The molecule has 0 aliphatic rings. The van der Waals surface area contributed by atoms with Crippen LogP contribution in [0.3, 0.4) is 0 Å². The van der Waals surface area contributed by atoms with Crippen molar-refractivity contribution >= 4 is 62.3 Å². The SMILES string of the molecule is COc1ccc(S(=O)(=O)N(CC(=O)N(Cc2c(Cl)cccc2Cl)[C@@H](Cc2ccccc2)C(=O)NC(C)(C)C)c2ccc(Cl)cc2)cc1. The first-order chi connectivity index (χ1) is 22.2. The third kappa shape index (κ3) is 9.41. The minimum Gasteiger partial charge on any atom is -0.497 e. The van der Waals surface area contributed by atoms with E-state index in [0.29, 0.717) is 26.4 Å². The van der Waals surface area contributed by atoms with Gasteiger partial charge in [-0.3, -0.25) is 13.9 Å². The minimum atomic E-state index is -4.31. The molecule has 0 spiro atoms. The van der Waals surface area contributed by atoms with Crippen molar-refractivity contribution < 1.29 is 22.7 Å². The predicted octanol–water partition coefficient (Wildman–Crippen LogP) is 7.41. The largest absolute Gasteiger partial charge is 0.497 e. The molecule has 248 valence electrons. The molecule has 12 heteroatoms. The Labute approximate surface area is 291 Å². The second kappa shape index (κ2) is 15.4. The zero-order valence-electron chi connectivity index (χ0n) is 26.4. The number of carbonyl (C=O) groups is 2. The van der Waals surface area contributed by atoms with Crippen molar-refractivity contribution in [3.8, 4) is 5.75 Å². The maximum atomic E-state index is 14.6. The van der Waals surface area contributed by atoms with Gasteiger partial charge in [0.2, 0.25) is 11.8 Å². The fourth-order valence-corrected chi connectivity index (χ4v) is 6.93. The van der Waals surface area contributed by atoms with Crippen LogP contribution >= 0.6 is 34.8 Å². The highest BCUT2D eigenvalue weighted by atomic mass is 35.5. The van der Waals surface area contributed by atoms with E-state index in [9.17, 15) is 18.0 Å². The molecule has 2 amide bonds. The van der Waals surface area contributed by atoms with E-state index in [-0.39, 0.29) is 23.5 Å². The fraction of sp³-hybridized carbons (Fsp3) is 0.257. The normalized spacial score (nSPS) is 12.2. The third-order valence-electron chi connectivity index (χ3n) is 7.20. The number of benzene rings is 4. The summed E-state index contributed by atoms with van der Waals surface area (Å²) in [6, 6.07) is 25.1. The van der Waals surface area contributed by atoms with Crippen LogP contribution in [0.2, 0.25) is 15.1 Å². The van der Waals surface area contributed by atoms with Crippen molar-refractivity contribution in [1.29, 1.82) is 0 Å². The third-order valence-corrected chi connectivity index (χ3v) is 9.95. The monoisotopic (exact) mass is 715 g/mol. The van der Waals surface area contributed by atoms with Gasteiger partial charge in [-0.05, 0) is 87.0 Å². The number of hydrogen-bond acceptors (Lipinski definition) is 5. The van der Waals surface area contributed by atoms with Crippen molar-refractivity contribution in [3.05, 3.63) is 123 Å². The van der Waals surface area contributed by atoms with Gasteiger partial charge in [-0.1, -0.05) is 71.2 Å². The summed E-state index contributed by atoms with van der Waals surface area (Å²) in [5.74, 6) is -0.610. The summed E-state index contributed by atoms with van der Waals surface area (Å²) in [5.41, 5.74) is 0.787. The predicted molar refractivity (Wildman–Crippen MR) is 188 cm³/mol. The molecule has 1 N–H and O–H groups in total. The van der Waals surface area contributed by atoms with Gasteiger partial charge in [0.15, 0.2) is 0 Å². The molecule has 0 bridgehead atoms. The van der Waals surface area contributed by atoms with Crippen LogP contribution < -0.4 is 14.4 Å². The Morgan fingerprint density at radius 2 is 1.43 bits per heavy atom. The van der Waals surface area contributed by atoms with Gasteiger partial charge in [0.1, 0.15) is 18.3 Å². The van der Waals surface area contributed by atoms with Crippen LogP contribution in [-0.4, -0.2) is 50.4 Å². The van der Waals surface area contributed by atoms with Gasteiger partial charge in [0, 0.05) is 39.1 Å². The number of sulfonamides is 1. The number of nitrogens with one attached hydrogen (secondary N) is 1. The van der Waals surface area contributed by atoms with Gasteiger partial charge in [0.25, 0.3) is 10.0 Å². The number of amides is 2. The maximum Gasteiger partial charge on any atom is 0.264 e. The van der Waals surface area contributed by atoms with E-state index in [4.69, 9.17) is 39.5 Å². The number of nitrogens with zero attached hydrogens (tertiary/aromatic N) is 2. The molecule has 0 aliphatic heterocycles. The molecule has 4 rings (SSSR count). The summed E-state index contributed by atoms with van der Waals surface area (Å²) in [5, 5.41) is 3.97. The molecule has 0 unspecified atom stereocenters. The van der Waals surface area contributed by atoms with Crippen LogP contribution in [0.5, 0.6) is 5.75 Å². The first-order valence-electron chi connectivity index (χ1n) is 14.7. The highest BCUT2D eigenvalue weighted by Crippen LogP contribution is 2.30. The van der Waals surface area contributed by atoms with E-state index < -0.39 is 40.0 Å². The number of ether oxygens (including phenoxy) is 1. The summed E-state index contributed by atoms with van der Waals surface area (Å²) in [6.07, 6.45) is 0.142. The lowest BCUT2D eigenvalue weighted by Crippen LogP contribution is -2.56. The zero-order valence-corrected chi connectivity index (χ0v) is 29.5. The lowest BCUT2D eigenvalue weighted by Gasteiger charge is -2.35.